The number of nitrogens with one attached hydrogen (secondary N) is 2. The third kappa shape index (κ3) is 2.48. The Kier molecular flexibility index (Phi) is 3.33. The van der Waals surface area contributed by atoms with Crippen LogP contribution >= 0.6 is 0 Å². The highest BCUT2D eigenvalue weighted by Crippen LogP contribution is 2.31. The van der Waals surface area contributed by atoms with Crippen molar-refractivity contribution in [2.24, 2.45) is 0 Å². The second kappa shape index (κ2) is 5.50. The molecule has 116 valence electrons. The summed E-state index contributed by atoms with van der Waals surface area (Å²) in [5.74, 6) is -0.150. The molecule has 0 bridgehead atoms. The van der Waals surface area contributed by atoms with Crippen LogP contribution in [0, 0.1) is 6.92 Å². The summed E-state index contributed by atoms with van der Waals surface area (Å²) in [4.78, 5) is 17.2. The van der Waals surface area contributed by atoms with E-state index < -0.39 is 0 Å². The Balaban J connectivity index is 1.64. The number of aromatic amines is 1. The molecule has 5 nitrogen and oxygen atoms in total. The summed E-state index contributed by atoms with van der Waals surface area (Å²) >= 11 is 0. The van der Waals surface area contributed by atoms with E-state index >= 15 is 0 Å². The van der Waals surface area contributed by atoms with Crippen LogP contribution in [0.5, 0.6) is 0 Å². The minimum Gasteiger partial charge on any atom is -0.325 e. The molecule has 0 saturated carbocycles. The lowest BCUT2D eigenvalue weighted by Gasteiger charge is -2.23. The predicted octanol–water partition coefficient (Wildman–Crippen LogP) is 3.32. The van der Waals surface area contributed by atoms with Gasteiger partial charge in [-0.25, -0.2) is 0 Å². The Morgan fingerprint density at radius 1 is 1.39 bits per heavy atom. The normalized spacial score (nSPS) is 17.0. The van der Waals surface area contributed by atoms with Gasteiger partial charge >= 0.3 is 0 Å². The summed E-state index contributed by atoms with van der Waals surface area (Å²) in [6.45, 7) is 2.00. The number of aromatic nitrogens is 3. The minimum absolute atomic E-state index is 0.0200. The third-order valence-electron chi connectivity index (χ3n) is 4.55. The zero-order valence-corrected chi connectivity index (χ0v) is 13.0. The maximum absolute atomic E-state index is 12.8. The van der Waals surface area contributed by atoms with Crippen molar-refractivity contribution in [3.8, 4) is 0 Å². The monoisotopic (exact) mass is 306 g/mol. The Hall–Kier alpha value is -2.69. The fourth-order valence-corrected chi connectivity index (χ4v) is 3.32. The number of nitrogens with zero attached hydrogens (tertiary/aromatic N) is 2. The number of benzene rings is 1. The number of carbonyl (C=O) groups excluding carboxylic acids is 1. The third-order valence-corrected chi connectivity index (χ3v) is 4.55. The Labute approximate surface area is 134 Å². The molecule has 1 atom stereocenters. The summed E-state index contributed by atoms with van der Waals surface area (Å²) in [5.41, 5.74) is 4.91. The number of rotatable bonds is 2. The lowest BCUT2D eigenvalue weighted by molar-refractivity contribution is -0.118. The van der Waals surface area contributed by atoms with Crippen LogP contribution in [0.1, 0.15) is 35.6 Å². The lowest BCUT2D eigenvalue weighted by atomic mass is 9.86. The van der Waals surface area contributed by atoms with E-state index in [1.54, 1.807) is 12.4 Å². The van der Waals surface area contributed by atoms with Crippen molar-refractivity contribution in [1.82, 2.24) is 15.2 Å². The fraction of sp³-hybridized carbons (Fsp3) is 0.278. The van der Waals surface area contributed by atoms with Crippen LogP contribution in [-0.2, 0) is 11.2 Å². The van der Waals surface area contributed by atoms with E-state index in [1.165, 1.54) is 5.56 Å². The van der Waals surface area contributed by atoms with Gasteiger partial charge in [-0.15, -0.1) is 0 Å². The summed E-state index contributed by atoms with van der Waals surface area (Å²) in [5, 5.41) is 11.1. The molecular formula is C18H18N4O. The fourth-order valence-electron chi connectivity index (χ4n) is 3.32. The van der Waals surface area contributed by atoms with Crippen molar-refractivity contribution in [3.63, 3.8) is 0 Å². The van der Waals surface area contributed by atoms with E-state index in [4.69, 9.17) is 0 Å². The highest BCUT2D eigenvalue weighted by molar-refractivity contribution is 5.98. The van der Waals surface area contributed by atoms with Gasteiger partial charge in [0.1, 0.15) is 0 Å². The maximum Gasteiger partial charge on any atom is 0.233 e. The topological polar surface area (TPSA) is 70.7 Å². The molecule has 0 radical (unpaired) electrons. The van der Waals surface area contributed by atoms with Crippen molar-refractivity contribution in [2.45, 2.75) is 32.1 Å². The minimum atomic E-state index is -0.170. The van der Waals surface area contributed by atoms with Gasteiger partial charge in [-0.1, -0.05) is 6.07 Å². The van der Waals surface area contributed by atoms with Crippen molar-refractivity contribution < 1.29 is 4.79 Å². The van der Waals surface area contributed by atoms with Gasteiger partial charge in [0.2, 0.25) is 5.91 Å². The van der Waals surface area contributed by atoms with Gasteiger partial charge in [0.15, 0.2) is 0 Å². The number of hydrogen-bond donors (Lipinski definition) is 2. The maximum atomic E-state index is 12.8. The quantitative estimate of drug-likeness (QED) is 0.763. The second-order valence-corrected chi connectivity index (χ2v) is 6.11. The summed E-state index contributed by atoms with van der Waals surface area (Å²) in [6.07, 6.45) is 6.43. The van der Waals surface area contributed by atoms with Gasteiger partial charge in [-0.3, -0.25) is 14.9 Å². The van der Waals surface area contributed by atoms with Gasteiger partial charge < -0.3 is 5.32 Å². The Morgan fingerprint density at radius 3 is 3.22 bits per heavy atom. The molecule has 1 amide bonds. The van der Waals surface area contributed by atoms with E-state index in [9.17, 15) is 4.79 Å². The van der Waals surface area contributed by atoms with Crippen molar-refractivity contribution >= 4 is 22.5 Å². The van der Waals surface area contributed by atoms with E-state index in [0.29, 0.717) is 0 Å². The molecule has 0 aliphatic heterocycles. The molecule has 4 rings (SSSR count). The summed E-state index contributed by atoms with van der Waals surface area (Å²) in [7, 11) is 0. The number of H-pyrrole nitrogens is 1. The molecule has 1 aliphatic rings. The van der Waals surface area contributed by atoms with E-state index in [-0.39, 0.29) is 11.8 Å². The lowest BCUT2D eigenvalue weighted by Crippen LogP contribution is -2.26. The van der Waals surface area contributed by atoms with Gasteiger partial charge in [0.25, 0.3) is 0 Å². The van der Waals surface area contributed by atoms with Gasteiger partial charge in [0.05, 0.1) is 23.3 Å². The zero-order chi connectivity index (χ0) is 15.8. The van der Waals surface area contributed by atoms with Gasteiger partial charge in [-0.05, 0) is 55.5 Å². The number of fused-ring (bicyclic) bond motifs is 2. The van der Waals surface area contributed by atoms with Crippen LogP contribution in [0.2, 0.25) is 0 Å². The Bertz CT molecular complexity index is 884. The Morgan fingerprint density at radius 2 is 2.30 bits per heavy atom. The molecular weight excluding hydrogens is 288 g/mol. The number of pyridine rings is 1. The summed E-state index contributed by atoms with van der Waals surface area (Å²) < 4.78 is 0. The molecule has 23 heavy (non-hydrogen) atoms. The number of anilines is 1. The van der Waals surface area contributed by atoms with Crippen molar-refractivity contribution in [2.75, 3.05) is 5.32 Å². The SMILES string of the molecule is Cc1cc2cn[nH]c2cc1NC(=O)C1CCCc2cccnc21. The van der Waals surface area contributed by atoms with Crippen molar-refractivity contribution in [3.05, 3.63) is 53.5 Å². The smallest absolute Gasteiger partial charge is 0.233 e. The van der Waals surface area contributed by atoms with Crippen LogP contribution in [0.3, 0.4) is 0 Å². The molecule has 2 N–H and O–H groups in total. The average molecular weight is 306 g/mol. The average Bonchev–Trinajstić information content (AvgIpc) is 3.01. The van der Waals surface area contributed by atoms with E-state index in [2.05, 4.69) is 26.6 Å². The van der Waals surface area contributed by atoms with Gasteiger partial charge in [0, 0.05) is 17.3 Å². The first-order valence-corrected chi connectivity index (χ1v) is 7.91. The van der Waals surface area contributed by atoms with E-state index in [0.717, 1.165) is 47.1 Å². The second-order valence-electron chi connectivity index (χ2n) is 6.11. The number of carbonyl (C=O) groups is 1. The molecule has 0 saturated heterocycles. The molecule has 1 unspecified atom stereocenters. The molecule has 1 aromatic carbocycles. The van der Waals surface area contributed by atoms with Crippen LogP contribution in [-0.4, -0.2) is 21.1 Å². The molecule has 3 aromatic rings. The predicted molar refractivity (Wildman–Crippen MR) is 89.4 cm³/mol. The molecule has 0 fully saturated rings. The van der Waals surface area contributed by atoms with E-state index in [1.807, 2.05) is 25.1 Å². The van der Waals surface area contributed by atoms with Crippen LogP contribution in [0.25, 0.3) is 10.9 Å². The van der Waals surface area contributed by atoms with Crippen LogP contribution in [0.15, 0.2) is 36.7 Å². The summed E-state index contributed by atoms with van der Waals surface area (Å²) in [6, 6.07) is 7.98. The first-order valence-electron chi connectivity index (χ1n) is 7.91. The largest absolute Gasteiger partial charge is 0.325 e. The standard InChI is InChI=1S/C18H18N4O/c1-11-8-13-10-20-22-16(13)9-15(11)21-18(23)14-6-2-4-12-5-3-7-19-17(12)14/h3,5,7-10,14H,2,4,6H2,1H3,(H,20,22)(H,21,23). The van der Waals surface area contributed by atoms with Crippen LogP contribution in [0.4, 0.5) is 5.69 Å². The number of hydrogen-bond acceptors (Lipinski definition) is 3. The van der Waals surface area contributed by atoms with Crippen molar-refractivity contribution in [1.29, 1.82) is 0 Å². The molecule has 0 spiro atoms. The van der Waals surface area contributed by atoms with Gasteiger partial charge in [-0.2, -0.15) is 5.10 Å². The number of aryl methyl sites for hydroxylation is 2. The molecule has 5 heteroatoms. The first kappa shape index (κ1) is 13.9. The molecule has 1 aliphatic carbocycles. The highest BCUT2D eigenvalue weighted by atomic mass is 16.1. The first-order chi connectivity index (χ1) is 11.2. The molecule has 2 heterocycles. The zero-order valence-electron chi connectivity index (χ0n) is 13.0. The number of amides is 1. The van der Waals surface area contributed by atoms with Crippen LogP contribution < -0.4 is 5.32 Å². The highest BCUT2D eigenvalue weighted by Gasteiger charge is 2.27. The molecule has 2 aromatic heterocycles.